The fourth-order valence-corrected chi connectivity index (χ4v) is 2.41. The average molecular weight is 330 g/mol. The number of nitrogens with one attached hydrogen (secondary N) is 2. The molecule has 1 aromatic rings. The molecular formula is C18H22N2O4. The topological polar surface area (TPSA) is 84.5 Å². The van der Waals surface area contributed by atoms with Crippen molar-refractivity contribution in [2.24, 2.45) is 5.92 Å². The highest BCUT2D eigenvalue weighted by Crippen LogP contribution is 2.20. The van der Waals surface area contributed by atoms with Crippen molar-refractivity contribution in [1.82, 2.24) is 10.6 Å². The molecule has 6 nitrogen and oxygen atoms in total. The molecule has 0 saturated carbocycles. The van der Waals surface area contributed by atoms with Crippen molar-refractivity contribution >= 4 is 17.9 Å². The Morgan fingerprint density at radius 2 is 2.00 bits per heavy atom. The van der Waals surface area contributed by atoms with Gasteiger partial charge in [-0.3, -0.25) is 14.9 Å². The minimum Gasteiger partial charge on any atom is -0.453 e. The largest absolute Gasteiger partial charge is 0.453 e. The van der Waals surface area contributed by atoms with E-state index in [9.17, 15) is 14.4 Å². The molecule has 0 radical (unpaired) electrons. The van der Waals surface area contributed by atoms with Gasteiger partial charge in [-0.05, 0) is 31.2 Å². The molecule has 0 fully saturated rings. The minimum atomic E-state index is -1.01. The lowest BCUT2D eigenvalue weighted by molar-refractivity contribution is -0.155. The summed E-state index contributed by atoms with van der Waals surface area (Å²) in [6.07, 6.45) is 5.17. The standard InChI is InChI=1S/C18H22N2O4/c1-13(24-16(21)11-14-7-5-6-8-14)17(22)20-18(23)19-12-15-9-3-2-4-10-15/h2-5,7,9-10,13-14H,6,8,11-12H2,1H3,(H2,19,20,22,23)/t13-,14-/m0/s1. The molecular weight excluding hydrogens is 308 g/mol. The first-order chi connectivity index (χ1) is 11.5. The number of benzene rings is 1. The Bertz CT molecular complexity index is 613. The number of ether oxygens (including phenoxy) is 1. The van der Waals surface area contributed by atoms with Crippen LogP contribution in [0.1, 0.15) is 31.7 Å². The van der Waals surface area contributed by atoms with E-state index in [4.69, 9.17) is 4.74 Å². The van der Waals surface area contributed by atoms with Gasteiger partial charge < -0.3 is 10.1 Å². The molecule has 1 aromatic carbocycles. The lowest BCUT2D eigenvalue weighted by atomic mass is 10.1. The third kappa shape index (κ3) is 5.87. The maximum Gasteiger partial charge on any atom is 0.321 e. The Labute approximate surface area is 141 Å². The molecule has 3 amide bonds. The summed E-state index contributed by atoms with van der Waals surface area (Å²) in [6, 6.07) is 8.71. The van der Waals surface area contributed by atoms with Gasteiger partial charge in [-0.2, -0.15) is 0 Å². The number of amides is 3. The van der Waals surface area contributed by atoms with E-state index >= 15 is 0 Å². The Morgan fingerprint density at radius 3 is 2.67 bits per heavy atom. The number of hydrogen-bond acceptors (Lipinski definition) is 4. The van der Waals surface area contributed by atoms with Crippen LogP contribution in [0.4, 0.5) is 4.79 Å². The first-order valence-electron chi connectivity index (χ1n) is 8.03. The van der Waals surface area contributed by atoms with Gasteiger partial charge in [0.1, 0.15) is 0 Å². The van der Waals surface area contributed by atoms with Gasteiger partial charge in [-0.1, -0.05) is 42.5 Å². The van der Waals surface area contributed by atoms with E-state index in [0.717, 1.165) is 18.4 Å². The molecule has 2 N–H and O–H groups in total. The lowest BCUT2D eigenvalue weighted by Crippen LogP contribution is -2.44. The van der Waals surface area contributed by atoms with Crippen molar-refractivity contribution in [2.75, 3.05) is 0 Å². The van der Waals surface area contributed by atoms with Gasteiger partial charge in [-0.25, -0.2) is 4.79 Å². The predicted molar refractivity (Wildman–Crippen MR) is 88.9 cm³/mol. The second kappa shape index (κ2) is 8.86. The van der Waals surface area contributed by atoms with Crippen molar-refractivity contribution in [1.29, 1.82) is 0 Å². The highest BCUT2D eigenvalue weighted by Gasteiger charge is 2.22. The van der Waals surface area contributed by atoms with Crippen molar-refractivity contribution < 1.29 is 19.1 Å². The fourth-order valence-electron chi connectivity index (χ4n) is 2.41. The van der Waals surface area contributed by atoms with E-state index in [0.29, 0.717) is 6.54 Å². The van der Waals surface area contributed by atoms with Crippen LogP contribution in [0.3, 0.4) is 0 Å². The first-order valence-corrected chi connectivity index (χ1v) is 8.03. The number of hydrogen-bond donors (Lipinski definition) is 2. The second-order valence-corrected chi connectivity index (χ2v) is 5.76. The van der Waals surface area contributed by atoms with Crippen LogP contribution in [0, 0.1) is 5.92 Å². The maximum absolute atomic E-state index is 11.9. The summed E-state index contributed by atoms with van der Waals surface area (Å²) in [4.78, 5) is 35.4. The minimum absolute atomic E-state index is 0.182. The molecule has 0 aliphatic heterocycles. The molecule has 0 bridgehead atoms. The molecule has 0 unspecified atom stereocenters. The number of imide groups is 1. The van der Waals surface area contributed by atoms with Crippen LogP contribution in [0.5, 0.6) is 0 Å². The van der Waals surface area contributed by atoms with E-state index < -0.39 is 24.0 Å². The zero-order valence-electron chi connectivity index (χ0n) is 13.7. The van der Waals surface area contributed by atoms with Crippen LogP contribution in [-0.2, 0) is 20.9 Å². The van der Waals surface area contributed by atoms with Gasteiger partial charge in [0.2, 0.25) is 0 Å². The maximum atomic E-state index is 11.9. The zero-order chi connectivity index (χ0) is 17.4. The van der Waals surface area contributed by atoms with E-state index in [1.165, 1.54) is 6.92 Å². The van der Waals surface area contributed by atoms with E-state index in [1.54, 1.807) is 0 Å². The quantitative estimate of drug-likeness (QED) is 0.619. The number of carbonyl (C=O) groups is 3. The smallest absolute Gasteiger partial charge is 0.321 e. The molecule has 0 heterocycles. The summed E-state index contributed by atoms with van der Waals surface area (Å²) in [5, 5.41) is 4.75. The van der Waals surface area contributed by atoms with Crippen LogP contribution >= 0.6 is 0 Å². The Kier molecular flexibility index (Phi) is 6.54. The summed E-state index contributed by atoms with van der Waals surface area (Å²) in [5.41, 5.74) is 0.921. The first kappa shape index (κ1) is 17.7. The molecule has 1 aliphatic carbocycles. The van der Waals surface area contributed by atoms with Gasteiger partial charge in [-0.15, -0.1) is 0 Å². The lowest BCUT2D eigenvalue weighted by Gasteiger charge is -2.14. The Hall–Kier alpha value is -2.63. The molecule has 1 aliphatic rings. The van der Waals surface area contributed by atoms with Crippen molar-refractivity contribution in [3.05, 3.63) is 48.0 Å². The van der Waals surface area contributed by atoms with Crippen molar-refractivity contribution in [3.63, 3.8) is 0 Å². The van der Waals surface area contributed by atoms with Crippen molar-refractivity contribution in [3.8, 4) is 0 Å². The molecule has 0 aromatic heterocycles. The van der Waals surface area contributed by atoms with Gasteiger partial charge in [0, 0.05) is 6.54 Å². The third-order valence-corrected chi connectivity index (χ3v) is 3.75. The highest BCUT2D eigenvalue weighted by molar-refractivity contribution is 5.97. The third-order valence-electron chi connectivity index (χ3n) is 3.75. The van der Waals surface area contributed by atoms with Crippen molar-refractivity contribution in [2.45, 2.75) is 38.8 Å². The average Bonchev–Trinajstić information content (AvgIpc) is 3.06. The molecule has 24 heavy (non-hydrogen) atoms. The van der Waals surface area contributed by atoms with Gasteiger partial charge >= 0.3 is 12.0 Å². The van der Waals surface area contributed by atoms with Gasteiger partial charge in [0.15, 0.2) is 6.10 Å². The highest BCUT2D eigenvalue weighted by atomic mass is 16.5. The van der Waals surface area contributed by atoms with Crippen LogP contribution in [-0.4, -0.2) is 24.0 Å². The molecule has 2 rings (SSSR count). The van der Waals surface area contributed by atoms with E-state index in [1.807, 2.05) is 42.5 Å². The molecule has 6 heteroatoms. The predicted octanol–water partition coefficient (Wildman–Crippen LogP) is 2.30. The van der Waals surface area contributed by atoms with E-state index in [-0.39, 0.29) is 12.3 Å². The molecule has 2 atom stereocenters. The SMILES string of the molecule is C[C@H](OC(=O)C[C@H]1C=CCC1)C(=O)NC(=O)NCc1ccccc1. The van der Waals surface area contributed by atoms with Crippen LogP contribution in [0.25, 0.3) is 0 Å². The second-order valence-electron chi connectivity index (χ2n) is 5.76. The molecule has 0 spiro atoms. The number of carbonyl (C=O) groups excluding carboxylic acids is 3. The summed E-state index contributed by atoms with van der Waals surface area (Å²) in [6.45, 7) is 1.75. The number of allylic oxidation sites excluding steroid dienone is 2. The fraction of sp³-hybridized carbons (Fsp3) is 0.389. The van der Waals surface area contributed by atoms with Gasteiger partial charge in [0.05, 0.1) is 6.42 Å². The Balaban J connectivity index is 1.69. The van der Waals surface area contributed by atoms with E-state index in [2.05, 4.69) is 10.6 Å². The summed E-state index contributed by atoms with van der Waals surface area (Å²) >= 11 is 0. The normalized spacial score (nSPS) is 17.1. The molecule has 0 saturated heterocycles. The van der Waals surface area contributed by atoms with Gasteiger partial charge in [0.25, 0.3) is 5.91 Å². The summed E-state index contributed by atoms with van der Waals surface area (Å²) in [5.74, 6) is -0.892. The van der Waals surface area contributed by atoms with Crippen LogP contribution in [0.2, 0.25) is 0 Å². The molecule has 128 valence electrons. The monoisotopic (exact) mass is 330 g/mol. The number of urea groups is 1. The summed E-state index contributed by atoms with van der Waals surface area (Å²) < 4.78 is 5.07. The summed E-state index contributed by atoms with van der Waals surface area (Å²) in [7, 11) is 0. The number of rotatable bonds is 6. The Morgan fingerprint density at radius 1 is 1.25 bits per heavy atom. The van der Waals surface area contributed by atoms with Crippen LogP contribution in [0.15, 0.2) is 42.5 Å². The van der Waals surface area contributed by atoms with Crippen LogP contribution < -0.4 is 10.6 Å². The number of esters is 1. The zero-order valence-corrected chi connectivity index (χ0v) is 13.7.